The number of rotatable bonds is 7. The highest BCUT2D eigenvalue weighted by Crippen LogP contribution is 2.28. The molecule has 1 fully saturated rings. The Kier molecular flexibility index (Phi) is 6.69. The molecule has 0 unspecified atom stereocenters. The van der Waals surface area contributed by atoms with Crippen LogP contribution in [0.1, 0.15) is 44.2 Å². The zero-order valence-corrected chi connectivity index (χ0v) is 17.1. The highest BCUT2D eigenvalue weighted by atomic mass is 32.2. The fraction of sp³-hybridized carbons (Fsp3) is 0.632. The van der Waals surface area contributed by atoms with Crippen molar-refractivity contribution in [3.8, 4) is 5.75 Å². The largest absolute Gasteiger partial charge is 0.495 e. The number of hydrogen-bond donors (Lipinski definition) is 1. The van der Waals surface area contributed by atoms with Crippen LogP contribution in [-0.2, 0) is 14.8 Å². The molecule has 1 aliphatic rings. The van der Waals surface area contributed by atoms with Gasteiger partial charge in [-0.2, -0.15) is 4.72 Å². The molecule has 1 aliphatic heterocycles. The standard InChI is InChI=1S/C19H30N2O4S/c1-13(2)10-16(19(22)21-8-6-7-9-21)20-26(23,24)18-12-15(4)14(3)11-17(18)25-5/h11-13,16,20H,6-10H2,1-5H3/t16-/m1/s1. The van der Waals surface area contributed by atoms with Crippen LogP contribution in [-0.4, -0.2) is 45.5 Å². The van der Waals surface area contributed by atoms with Gasteiger partial charge >= 0.3 is 0 Å². The van der Waals surface area contributed by atoms with Crippen molar-refractivity contribution in [3.05, 3.63) is 23.3 Å². The number of nitrogens with one attached hydrogen (secondary N) is 1. The molecule has 146 valence electrons. The first kappa shape index (κ1) is 20.7. The predicted molar refractivity (Wildman–Crippen MR) is 102 cm³/mol. The molecule has 1 aromatic rings. The third kappa shape index (κ3) is 4.76. The van der Waals surface area contributed by atoms with E-state index in [-0.39, 0.29) is 22.5 Å². The summed E-state index contributed by atoms with van der Waals surface area (Å²) in [5.41, 5.74) is 1.81. The maximum absolute atomic E-state index is 13.0. The van der Waals surface area contributed by atoms with Crippen LogP contribution in [0.2, 0.25) is 0 Å². The van der Waals surface area contributed by atoms with Crippen molar-refractivity contribution in [2.24, 2.45) is 5.92 Å². The molecule has 0 bridgehead atoms. The monoisotopic (exact) mass is 382 g/mol. The summed E-state index contributed by atoms with van der Waals surface area (Å²) in [7, 11) is -2.44. The van der Waals surface area contributed by atoms with Crippen LogP contribution in [0.5, 0.6) is 5.75 Å². The van der Waals surface area contributed by atoms with E-state index >= 15 is 0 Å². The van der Waals surface area contributed by atoms with Gasteiger partial charge in [-0.25, -0.2) is 8.42 Å². The first-order valence-corrected chi connectivity index (χ1v) is 10.6. The Bertz CT molecular complexity index is 753. The number of aryl methyl sites for hydroxylation is 2. The third-order valence-corrected chi connectivity index (χ3v) is 6.28. The van der Waals surface area contributed by atoms with Crippen molar-refractivity contribution in [2.45, 2.75) is 57.9 Å². The second kappa shape index (κ2) is 8.39. The molecule has 26 heavy (non-hydrogen) atoms. The summed E-state index contributed by atoms with van der Waals surface area (Å²) in [6.07, 6.45) is 2.40. The van der Waals surface area contributed by atoms with Crippen LogP contribution in [0.4, 0.5) is 0 Å². The number of hydrogen-bond acceptors (Lipinski definition) is 4. The van der Waals surface area contributed by atoms with Gasteiger partial charge in [0.05, 0.1) is 7.11 Å². The van der Waals surface area contributed by atoms with Gasteiger partial charge in [-0.3, -0.25) is 4.79 Å². The Labute approximate surface area is 157 Å². The fourth-order valence-corrected chi connectivity index (χ4v) is 4.65. The van der Waals surface area contributed by atoms with Crippen molar-refractivity contribution in [3.63, 3.8) is 0 Å². The molecule has 0 spiro atoms. The van der Waals surface area contributed by atoms with Gasteiger partial charge in [0.2, 0.25) is 15.9 Å². The lowest BCUT2D eigenvalue weighted by Gasteiger charge is -2.25. The molecule has 0 aliphatic carbocycles. The van der Waals surface area contributed by atoms with Gasteiger partial charge in [0, 0.05) is 13.1 Å². The van der Waals surface area contributed by atoms with E-state index in [9.17, 15) is 13.2 Å². The van der Waals surface area contributed by atoms with E-state index in [1.807, 2.05) is 27.7 Å². The van der Waals surface area contributed by atoms with Crippen molar-refractivity contribution in [1.82, 2.24) is 9.62 Å². The molecule has 0 radical (unpaired) electrons. The van der Waals surface area contributed by atoms with Gasteiger partial charge in [-0.15, -0.1) is 0 Å². The van der Waals surface area contributed by atoms with Crippen LogP contribution < -0.4 is 9.46 Å². The molecule has 7 heteroatoms. The highest BCUT2D eigenvalue weighted by molar-refractivity contribution is 7.89. The molecule has 1 saturated heterocycles. The number of carbonyl (C=O) groups excluding carboxylic acids is 1. The molecular weight excluding hydrogens is 352 g/mol. The summed E-state index contributed by atoms with van der Waals surface area (Å²) in [5.74, 6) is 0.344. The van der Waals surface area contributed by atoms with Crippen LogP contribution in [0.15, 0.2) is 17.0 Å². The van der Waals surface area contributed by atoms with Crippen LogP contribution in [0.25, 0.3) is 0 Å². The minimum absolute atomic E-state index is 0.0751. The van der Waals surface area contributed by atoms with Crippen LogP contribution >= 0.6 is 0 Å². The maximum atomic E-state index is 13.0. The summed E-state index contributed by atoms with van der Waals surface area (Å²) >= 11 is 0. The average Bonchev–Trinajstić information content (AvgIpc) is 3.09. The SMILES string of the molecule is COc1cc(C)c(C)cc1S(=O)(=O)N[C@H](CC(C)C)C(=O)N1CCCC1. The van der Waals surface area contributed by atoms with E-state index in [0.29, 0.717) is 19.5 Å². The topological polar surface area (TPSA) is 75.7 Å². The van der Waals surface area contributed by atoms with E-state index in [4.69, 9.17) is 4.74 Å². The second-order valence-electron chi connectivity index (χ2n) is 7.42. The summed E-state index contributed by atoms with van der Waals surface area (Å²) in [6.45, 7) is 9.11. The Morgan fingerprint density at radius 1 is 1.19 bits per heavy atom. The second-order valence-corrected chi connectivity index (χ2v) is 9.11. The number of nitrogens with zero attached hydrogens (tertiary/aromatic N) is 1. The Balaban J connectivity index is 2.34. The van der Waals surface area contributed by atoms with Crippen molar-refractivity contribution in [2.75, 3.05) is 20.2 Å². The summed E-state index contributed by atoms with van der Waals surface area (Å²) in [4.78, 5) is 14.7. The molecule has 1 N–H and O–H groups in total. The molecular formula is C19H30N2O4S. The van der Waals surface area contributed by atoms with E-state index in [0.717, 1.165) is 24.0 Å². The first-order valence-electron chi connectivity index (χ1n) is 9.12. The molecule has 0 aromatic heterocycles. The molecule has 1 amide bonds. The van der Waals surface area contributed by atoms with Crippen molar-refractivity contribution >= 4 is 15.9 Å². The molecule has 1 atom stereocenters. The zero-order valence-electron chi connectivity index (χ0n) is 16.3. The predicted octanol–water partition coefficient (Wildman–Crippen LogP) is 2.63. The third-order valence-electron chi connectivity index (χ3n) is 4.79. The van der Waals surface area contributed by atoms with Crippen LogP contribution in [0.3, 0.4) is 0 Å². The number of methoxy groups -OCH3 is 1. The van der Waals surface area contributed by atoms with E-state index in [1.165, 1.54) is 7.11 Å². The van der Waals surface area contributed by atoms with E-state index in [2.05, 4.69) is 4.72 Å². The van der Waals surface area contributed by atoms with Gasteiger partial charge in [0.15, 0.2) is 0 Å². The maximum Gasteiger partial charge on any atom is 0.244 e. The quantitative estimate of drug-likeness (QED) is 0.787. The Morgan fingerprint density at radius 3 is 2.31 bits per heavy atom. The first-order chi connectivity index (χ1) is 12.2. The van der Waals surface area contributed by atoms with E-state index in [1.54, 1.807) is 17.0 Å². The zero-order chi connectivity index (χ0) is 19.5. The lowest BCUT2D eigenvalue weighted by molar-refractivity contribution is -0.132. The van der Waals surface area contributed by atoms with Crippen LogP contribution in [0, 0.1) is 19.8 Å². The van der Waals surface area contributed by atoms with Gasteiger partial charge < -0.3 is 9.64 Å². The van der Waals surface area contributed by atoms with Gasteiger partial charge in [-0.1, -0.05) is 13.8 Å². The molecule has 1 heterocycles. The smallest absolute Gasteiger partial charge is 0.244 e. The van der Waals surface area contributed by atoms with Crippen molar-refractivity contribution in [1.29, 1.82) is 0 Å². The molecule has 2 rings (SSSR count). The number of benzene rings is 1. The normalized spacial score (nSPS) is 16.2. The minimum Gasteiger partial charge on any atom is -0.495 e. The Hall–Kier alpha value is -1.60. The summed E-state index contributed by atoms with van der Waals surface area (Å²) in [5, 5.41) is 0. The minimum atomic E-state index is -3.88. The van der Waals surface area contributed by atoms with Crippen molar-refractivity contribution < 1.29 is 17.9 Å². The number of ether oxygens (including phenoxy) is 1. The van der Waals surface area contributed by atoms with Gasteiger partial charge in [0.1, 0.15) is 16.7 Å². The summed E-state index contributed by atoms with van der Waals surface area (Å²) in [6, 6.07) is 2.55. The number of sulfonamides is 1. The van der Waals surface area contributed by atoms with E-state index < -0.39 is 16.1 Å². The Morgan fingerprint density at radius 2 is 1.77 bits per heavy atom. The molecule has 6 nitrogen and oxygen atoms in total. The van der Waals surface area contributed by atoms with Gasteiger partial charge in [-0.05, 0) is 62.3 Å². The number of carbonyl (C=O) groups is 1. The lowest BCUT2D eigenvalue weighted by Crippen LogP contribution is -2.48. The molecule has 0 saturated carbocycles. The van der Waals surface area contributed by atoms with Gasteiger partial charge in [0.25, 0.3) is 0 Å². The average molecular weight is 383 g/mol. The number of amides is 1. The molecule has 1 aromatic carbocycles. The lowest BCUT2D eigenvalue weighted by atomic mass is 10.0. The fourth-order valence-electron chi connectivity index (χ4n) is 3.21. The highest BCUT2D eigenvalue weighted by Gasteiger charge is 2.32. The summed E-state index contributed by atoms with van der Waals surface area (Å²) < 4.78 is 34.0. The number of likely N-dealkylation sites (tertiary alicyclic amines) is 1.